The monoisotopic (exact) mass is 633 g/mol. The Morgan fingerprint density at radius 2 is 1.66 bits per heavy atom. The Morgan fingerprint density at radius 1 is 0.932 bits per heavy atom. The second-order valence-electron chi connectivity index (χ2n) is 11.2. The van der Waals surface area contributed by atoms with Crippen LogP contribution in [0.4, 0.5) is 5.69 Å². The van der Waals surface area contributed by atoms with Crippen LogP contribution in [0, 0.1) is 11.3 Å². The number of amides is 2. The first-order chi connectivity index (χ1) is 21.3. The highest BCUT2D eigenvalue weighted by Gasteiger charge is 2.27. The van der Waals surface area contributed by atoms with E-state index in [0.717, 1.165) is 55.7 Å². The fraction of sp³-hybridized carbons (Fsp3) is 0.382. The van der Waals surface area contributed by atoms with Crippen LogP contribution >= 0.6 is 23.2 Å². The number of nitriles is 1. The number of morpholine rings is 1. The van der Waals surface area contributed by atoms with Gasteiger partial charge in [-0.15, -0.1) is 0 Å². The number of hydrogen-bond acceptors (Lipinski definition) is 6. The number of nitrogens with zero attached hydrogens (tertiary/aromatic N) is 5. The van der Waals surface area contributed by atoms with Crippen molar-refractivity contribution in [1.29, 1.82) is 5.26 Å². The van der Waals surface area contributed by atoms with E-state index in [0.29, 0.717) is 41.1 Å². The van der Waals surface area contributed by atoms with Crippen molar-refractivity contribution in [3.05, 3.63) is 87.9 Å². The average Bonchev–Trinajstić information content (AvgIpc) is 3.60. The summed E-state index contributed by atoms with van der Waals surface area (Å²) in [7, 11) is 1.81. The summed E-state index contributed by atoms with van der Waals surface area (Å²) in [6.45, 7) is 5.21. The third kappa shape index (κ3) is 7.72. The van der Waals surface area contributed by atoms with Gasteiger partial charge >= 0.3 is 0 Å². The van der Waals surface area contributed by atoms with Crippen LogP contribution in [0.15, 0.2) is 66.7 Å². The Morgan fingerprint density at radius 3 is 2.34 bits per heavy atom. The molecule has 5 rings (SSSR count). The molecule has 0 N–H and O–H groups in total. The Kier molecular flexibility index (Phi) is 10.8. The molecule has 2 saturated heterocycles. The number of halogens is 2. The molecule has 2 aliphatic rings. The van der Waals surface area contributed by atoms with E-state index in [4.69, 9.17) is 27.9 Å². The van der Waals surface area contributed by atoms with Gasteiger partial charge in [0, 0.05) is 51.0 Å². The maximum absolute atomic E-state index is 13.7. The summed E-state index contributed by atoms with van der Waals surface area (Å²) >= 11 is 12.3. The van der Waals surface area contributed by atoms with Gasteiger partial charge in [0.2, 0.25) is 5.91 Å². The van der Waals surface area contributed by atoms with Gasteiger partial charge in [0.25, 0.3) is 5.91 Å². The highest BCUT2D eigenvalue weighted by molar-refractivity contribution is 6.42. The highest BCUT2D eigenvalue weighted by atomic mass is 35.5. The molecule has 2 fully saturated rings. The maximum Gasteiger partial charge on any atom is 0.253 e. The fourth-order valence-corrected chi connectivity index (χ4v) is 6.06. The van der Waals surface area contributed by atoms with Crippen molar-refractivity contribution < 1.29 is 14.3 Å². The van der Waals surface area contributed by atoms with Crippen LogP contribution in [0.3, 0.4) is 0 Å². The van der Waals surface area contributed by atoms with E-state index < -0.39 is 0 Å². The standard InChI is InChI=1S/C34H37Cl2N5O3/c1-38(33(42)24-41(16-13-37)29-11-12-30(35)31(36)22-29)32(23-39-17-19-44-20-18-39)26-9-7-25(8-10-26)27-5-4-6-28(21-27)34(43)40-14-2-3-15-40/h4-12,21-22,32H,2-3,14-20,23-24H2,1H3. The van der Waals surface area contributed by atoms with Crippen molar-refractivity contribution in [2.45, 2.75) is 18.9 Å². The number of hydrogen-bond donors (Lipinski definition) is 0. The van der Waals surface area contributed by atoms with Crippen molar-refractivity contribution in [2.24, 2.45) is 0 Å². The van der Waals surface area contributed by atoms with Crippen molar-refractivity contribution in [3.8, 4) is 17.2 Å². The topological polar surface area (TPSA) is 80.1 Å². The van der Waals surface area contributed by atoms with Crippen molar-refractivity contribution in [1.82, 2.24) is 14.7 Å². The lowest BCUT2D eigenvalue weighted by Crippen LogP contribution is -2.46. The molecule has 3 aromatic rings. The first-order valence-corrected chi connectivity index (χ1v) is 15.7. The van der Waals surface area contributed by atoms with Crippen LogP contribution in [-0.2, 0) is 9.53 Å². The van der Waals surface area contributed by atoms with E-state index in [1.165, 1.54) is 0 Å². The second-order valence-corrected chi connectivity index (χ2v) is 12.1. The minimum atomic E-state index is -0.226. The molecule has 3 aromatic carbocycles. The van der Waals surface area contributed by atoms with Gasteiger partial charge < -0.3 is 19.4 Å². The van der Waals surface area contributed by atoms with Gasteiger partial charge in [0.1, 0.15) is 6.54 Å². The van der Waals surface area contributed by atoms with E-state index in [-0.39, 0.29) is 30.9 Å². The molecule has 1 unspecified atom stereocenters. The zero-order valence-corrected chi connectivity index (χ0v) is 26.4. The van der Waals surface area contributed by atoms with Gasteiger partial charge in [0.05, 0.1) is 41.9 Å². The van der Waals surface area contributed by atoms with Gasteiger partial charge in [-0.25, -0.2) is 0 Å². The lowest BCUT2D eigenvalue weighted by atomic mass is 9.98. The molecule has 2 heterocycles. The average molecular weight is 635 g/mol. The summed E-state index contributed by atoms with van der Waals surface area (Å²) in [5.41, 5.74) is 4.34. The molecule has 2 amide bonds. The Labute approximate surface area is 269 Å². The third-order valence-electron chi connectivity index (χ3n) is 8.38. The third-order valence-corrected chi connectivity index (χ3v) is 9.12. The summed E-state index contributed by atoms with van der Waals surface area (Å²) in [5.74, 6) is -0.0419. The lowest BCUT2D eigenvalue weighted by Gasteiger charge is -2.36. The predicted octanol–water partition coefficient (Wildman–Crippen LogP) is 5.76. The molecular formula is C34H37Cl2N5O3. The minimum Gasteiger partial charge on any atom is -0.379 e. The first-order valence-electron chi connectivity index (χ1n) is 15.0. The van der Waals surface area contributed by atoms with E-state index in [9.17, 15) is 14.9 Å². The molecule has 0 bridgehead atoms. The van der Waals surface area contributed by atoms with Crippen LogP contribution in [0.2, 0.25) is 10.0 Å². The van der Waals surface area contributed by atoms with Crippen LogP contribution in [0.5, 0.6) is 0 Å². The normalized spacial score (nSPS) is 15.9. The lowest BCUT2D eigenvalue weighted by molar-refractivity contribution is -0.131. The van der Waals surface area contributed by atoms with Crippen LogP contribution in [-0.4, -0.2) is 92.6 Å². The smallest absolute Gasteiger partial charge is 0.253 e. The molecule has 230 valence electrons. The number of anilines is 1. The summed E-state index contributed by atoms with van der Waals surface area (Å²) in [6.07, 6.45) is 2.11. The van der Waals surface area contributed by atoms with Crippen LogP contribution < -0.4 is 4.90 Å². The molecule has 0 aliphatic carbocycles. The first kappa shape index (κ1) is 31.8. The predicted molar refractivity (Wildman–Crippen MR) is 174 cm³/mol. The van der Waals surface area contributed by atoms with E-state index in [1.807, 2.05) is 36.2 Å². The Bertz CT molecular complexity index is 1500. The number of carbonyl (C=O) groups is 2. The van der Waals surface area contributed by atoms with E-state index >= 15 is 0 Å². The molecule has 44 heavy (non-hydrogen) atoms. The van der Waals surface area contributed by atoms with E-state index in [2.05, 4.69) is 35.2 Å². The summed E-state index contributed by atoms with van der Waals surface area (Å²) in [4.78, 5) is 34.4. The van der Waals surface area contributed by atoms with Crippen molar-refractivity contribution >= 4 is 40.7 Å². The van der Waals surface area contributed by atoms with Gasteiger partial charge in [-0.3, -0.25) is 14.5 Å². The molecule has 0 saturated carbocycles. The molecule has 8 nitrogen and oxygen atoms in total. The zero-order chi connectivity index (χ0) is 31.1. The molecule has 1 atom stereocenters. The van der Waals surface area contributed by atoms with Crippen molar-refractivity contribution in [2.75, 3.05) is 71.0 Å². The molecule has 0 aromatic heterocycles. The Balaban J connectivity index is 1.36. The number of likely N-dealkylation sites (N-methyl/N-ethyl adjacent to an activating group) is 1. The summed E-state index contributed by atoms with van der Waals surface area (Å²) in [5, 5.41) is 10.3. The van der Waals surface area contributed by atoms with Gasteiger partial charge in [-0.1, -0.05) is 59.6 Å². The van der Waals surface area contributed by atoms with Crippen LogP contribution in [0.1, 0.15) is 34.8 Å². The number of benzene rings is 3. The number of ether oxygens (including phenoxy) is 1. The number of carbonyl (C=O) groups excluding carboxylic acids is 2. The molecular weight excluding hydrogens is 597 g/mol. The molecule has 10 heteroatoms. The number of rotatable bonds is 10. The summed E-state index contributed by atoms with van der Waals surface area (Å²) in [6, 6.07) is 23.0. The minimum absolute atomic E-state index is 0.0115. The van der Waals surface area contributed by atoms with Crippen molar-refractivity contribution in [3.63, 3.8) is 0 Å². The van der Waals surface area contributed by atoms with Crippen LogP contribution in [0.25, 0.3) is 11.1 Å². The van der Waals surface area contributed by atoms with Gasteiger partial charge in [-0.2, -0.15) is 5.26 Å². The second kappa shape index (κ2) is 14.9. The summed E-state index contributed by atoms with van der Waals surface area (Å²) < 4.78 is 5.56. The van der Waals surface area contributed by atoms with Gasteiger partial charge in [0.15, 0.2) is 0 Å². The Hall–Kier alpha value is -3.61. The molecule has 0 radical (unpaired) electrons. The van der Waals surface area contributed by atoms with Gasteiger partial charge in [-0.05, 0) is 59.9 Å². The maximum atomic E-state index is 13.7. The SMILES string of the molecule is CN(C(=O)CN(CC#N)c1ccc(Cl)c(Cl)c1)C(CN1CCOCC1)c1ccc(-c2cccc(C(=O)N3CCCC3)c2)cc1. The fourth-order valence-electron chi connectivity index (χ4n) is 5.77. The largest absolute Gasteiger partial charge is 0.379 e. The molecule has 0 spiro atoms. The number of likely N-dealkylation sites (tertiary alicyclic amines) is 1. The van der Waals surface area contributed by atoms with E-state index in [1.54, 1.807) is 28.0 Å². The molecule has 2 aliphatic heterocycles. The zero-order valence-electron chi connectivity index (χ0n) is 24.9. The quantitative estimate of drug-likeness (QED) is 0.264. The highest BCUT2D eigenvalue weighted by Crippen LogP contribution is 2.29.